The van der Waals surface area contributed by atoms with Gasteiger partial charge in [-0.15, -0.1) is 0 Å². The number of carbonyl (C=O) groups excluding carboxylic acids is 2. The largest absolute Gasteiger partial charge is 0.466 e. The number of hydrogen-bond donors (Lipinski definition) is 3. The van der Waals surface area contributed by atoms with E-state index in [-0.39, 0.29) is 18.5 Å². The van der Waals surface area contributed by atoms with Crippen molar-refractivity contribution in [2.24, 2.45) is 0 Å². The van der Waals surface area contributed by atoms with Gasteiger partial charge in [0.25, 0.3) is 0 Å². The topological polar surface area (TPSA) is 95.9 Å². The quantitative estimate of drug-likeness (QED) is 0.0320. The molecule has 0 bridgehead atoms. The fraction of sp³-hybridized carbons (Fsp3) is 0.947. The third-order valence-corrected chi connectivity index (χ3v) is 18.1. The number of ether oxygens (including phenoxy) is 1. The van der Waals surface area contributed by atoms with Gasteiger partial charge in [0.05, 0.1) is 25.4 Å². The minimum atomic E-state index is -0.663. The smallest absolute Gasteiger partial charge is 0.305 e. The van der Waals surface area contributed by atoms with E-state index in [0.29, 0.717) is 25.9 Å². The van der Waals surface area contributed by atoms with Gasteiger partial charge >= 0.3 is 5.97 Å². The molecule has 0 aliphatic heterocycles. The molecule has 0 aromatic heterocycles. The molecule has 0 aliphatic rings. The number of nitrogens with one attached hydrogen (secondary N) is 1. The van der Waals surface area contributed by atoms with E-state index in [1.54, 1.807) is 0 Å². The van der Waals surface area contributed by atoms with Crippen LogP contribution in [0.4, 0.5) is 0 Å². The summed E-state index contributed by atoms with van der Waals surface area (Å²) in [5.41, 5.74) is 0. The molecule has 0 rings (SSSR count). The first-order valence-corrected chi connectivity index (χ1v) is 37.9. The van der Waals surface area contributed by atoms with Crippen molar-refractivity contribution < 1.29 is 24.5 Å². The molecule has 0 aromatic carbocycles. The first-order chi connectivity index (χ1) is 40.5. The van der Waals surface area contributed by atoms with E-state index in [4.69, 9.17) is 4.74 Å². The average molecular weight is 1160 g/mol. The van der Waals surface area contributed by atoms with E-state index < -0.39 is 12.1 Å². The van der Waals surface area contributed by atoms with Gasteiger partial charge in [0, 0.05) is 12.8 Å². The number of hydrogen-bond acceptors (Lipinski definition) is 5. The Balaban J connectivity index is 3.34. The maximum absolute atomic E-state index is 12.6. The Morgan fingerprint density at radius 3 is 0.866 bits per heavy atom. The summed E-state index contributed by atoms with van der Waals surface area (Å²) in [6, 6.07) is -0.540. The lowest BCUT2D eigenvalue weighted by Crippen LogP contribution is -2.45. The summed E-state index contributed by atoms with van der Waals surface area (Å²) < 4.78 is 5.51. The lowest BCUT2D eigenvalue weighted by Gasteiger charge is -2.22. The van der Waals surface area contributed by atoms with Crippen LogP contribution in [0.1, 0.15) is 438 Å². The van der Waals surface area contributed by atoms with Crippen LogP contribution in [0.25, 0.3) is 0 Å². The van der Waals surface area contributed by atoms with Gasteiger partial charge in [0.1, 0.15) is 0 Å². The first kappa shape index (κ1) is 80.6. The van der Waals surface area contributed by atoms with Crippen LogP contribution in [0.5, 0.6) is 0 Å². The summed E-state index contributed by atoms with van der Waals surface area (Å²) in [7, 11) is 0. The molecular weight excluding hydrogens is 1010 g/mol. The summed E-state index contributed by atoms with van der Waals surface area (Å²) >= 11 is 0. The second-order valence-corrected chi connectivity index (χ2v) is 26.3. The lowest BCUT2D eigenvalue weighted by molar-refractivity contribution is -0.143. The maximum atomic E-state index is 12.6. The molecular formula is C76H149NO5. The fourth-order valence-electron chi connectivity index (χ4n) is 12.3. The number of unbranched alkanes of at least 4 members (excludes halogenated alkanes) is 59. The number of aliphatic hydroxyl groups excluding tert-OH is 2. The van der Waals surface area contributed by atoms with Crippen molar-refractivity contribution in [3.05, 3.63) is 12.2 Å². The van der Waals surface area contributed by atoms with Crippen molar-refractivity contribution in [2.75, 3.05) is 13.2 Å². The second kappa shape index (κ2) is 72.1. The highest BCUT2D eigenvalue weighted by Crippen LogP contribution is 2.20. The predicted octanol–water partition coefficient (Wildman–Crippen LogP) is 24.7. The zero-order valence-electron chi connectivity index (χ0n) is 56.0. The molecule has 0 spiro atoms. The zero-order chi connectivity index (χ0) is 59.2. The predicted molar refractivity (Wildman–Crippen MR) is 361 cm³/mol. The van der Waals surface area contributed by atoms with Crippen molar-refractivity contribution in [1.29, 1.82) is 0 Å². The molecule has 0 saturated heterocycles. The maximum Gasteiger partial charge on any atom is 0.305 e. The van der Waals surface area contributed by atoms with Gasteiger partial charge in [-0.3, -0.25) is 9.59 Å². The van der Waals surface area contributed by atoms with Crippen LogP contribution in [-0.2, 0) is 14.3 Å². The summed E-state index contributed by atoms with van der Waals surface area (Å²) in [5, 5.41) is 23.4. The number of aliphatic hydroxyl groups is 2. The van der Waals surface area contributed by atoms with Crippen LogP contribution in [0.2, 0.25) is 0 Å². The molecule has 0 heterocycles. The molecule has 0 fully saturated rings. The highest BCUT2D eigenvalue weighted by atomic mass is 16.5. The molecule has 82 heavy (non-hydrogen) atoms. The summed E-state index contributed by atoms with van der Waals surface area (Å²) in [5.74, 6) is -0.0108. The van der Waals surface area contributed by atoms with Crippen molar-refractivity contribution in [2.45, 2.75) is 450 Å². The van der Waals surface area contributed by atoms with E-state index in [9.17, 15) is 19.8 Å². The van der Waals surface area contributed by atoms with Crippen molar-refractivity contribution in [3.8, 4) is 0 Å². The molecule has 6 heteroatoms. The molecule has 0 aromatic rings. The molecule has 3 N–H and O–H groups in total. The van der Waals surface area contributed by atoms with Gasteiger partial charge in [0.2, 0.25) is 5.91 Å². The molecule has 2 unspecified atom stereocenters. The minimum absolute atomic E-state index is 0.0161. The van der Waals surface area contributed by atoms with E-state index in [1.807, 2.05) is 0 Å². The van der Waals surface area contributed by atoms with Crippen molar-refractivity contribution >= 4 is 11.9 Å². The Kier molecular flexibility index (Phi) is 70.8. The number of allylic oxidation sites excluding steroid dienone is 2. The number of carbonyl (C=O) groups is 2. The standard InChI is InChI=1S/C76H149NO5/c1-3-5-7-9-11-13-15-17-19-21-22-30-33-37-40-44-48-52-56-60-64-68-74(79)73(72-78)77-75(80)69-65-61-57-53-49-45-41-38-34-31-28-26-24-23-25-27-29-32-35-39-43-47-51-55-59-63-67-71-82-76(81)70-66-62-58-54-50-46-42-36-20-18-16-14-12-10-8-6-4-2/h18,20,73-74,78-79H,3-17,19,21-72H2,1-2H3,(H,77,80)/b20-18-. The van der Waals surface area contributed by atoms with Gasteiger partial charge in [-0.25, -0.2) is 0 Å². The van der Waals surface area contributed by atoms with Gasteiger partial charge in [-0.05, 0) is 51.4 Å². The van der Waals surface area contributed by atoms with Gasteiger partial charge in [0.15, 0.2) is 0 Å². The van der Waals surface area contributed by atoms with Crippen LogP contribution < -0.4 is 5.32 Å². The Bertz CT molecular complexity index is 1240. The molecule has 2 atom stereocenters. The molecule has 1 amide bonds. The Hall–Kier alpha value is -1.40. The van der Waals surface area contributed by atoms with E-state index in [0.717, 1.165) is 44.9 Å². The fourth-order valence-corrected chi connectivity index (χ4v) is 12.3. The highest BCUT2D eigenvalue weighted by Gasteiger charge is 2.20. The number of esters is 1. The zero-order valence-corrected chi connectivity index (χ0v) is 56.0. The highest BCUT2D eigenvalue weighted by molar-refractivity contribution is 5.76. The minimum Gasteiger partial charge on any atom is -0.466 e. The van der Waals surface area contributed by atoms with Gasteiger partial charge in [-0.1, -0.05) is 386 Å². The molecule has 0 aliphatic carbocycles. The van der Waals surface area contributed by atoms with E-state index in [2.05, 4.69) is 31.3 Å². The van der Waals surface area contributed by atoms with Crippen LogP contribution in [0.3, 0.4) is 0 Å². The molecule has 488 valence electrons. The third kappa shape index (κ3) is 67.7. The molecule has 6 nitrogen and oxygen atoms in total. The van der Waals surface area contributed by atoms with E-state index in [1.165, 1.54) is 360 Å². The summed E-state index contributed by atoms with van der Waals surface area (Å²) in [4.78, 5) is 24.7. The SMILES string of the molecule is CCCCCCCC/C=C\CCCCCCCCCC(=O)OCCCCCCCCCCCCCCCCCCCCCCCCCCCCCC(=O)NC(CO)C(O)CCCCCCCCCCCCCCCCCCCCCCC. The number of amides is 1. The van der Waals surface area contributed by atoms with Crippen LogP contribution >= 0.6 is 0 Å². The van der Waals surface area contributed by atoms with Crippen molar-refractivity contribution in [3.63, 3.8) is 0 Å². The van der Waals surface area contributed by atoms with Crippen LogP contribution in [0.15, 0.2) is 12.2 Å². The lowest BCUT2D eigenvalue weighted by atomic mass is 10.0. The third-order valence-electron chi connectivity index (χ3n) is 18.1. The van der Waals surface area contributed by atoms with Gasteiger partial charge in [-0.2, -0.15) is 0 Å². The average Bonchev–Trinajstić information content (AvgIpc) is 3.48. The number of rotatable bonds is 72. The first-order valence-electron chi connectivity index (χ1n) is 37.9. The summed E-state index contributed by atoms with van der Waals surface area (Å²) in [6.07, 6.45) is 89.9. The second-order valence-electron chi connectivity index (χ2n) is 26.3. The van der Waals surface area contributed by atoms with Crippen LogP contribution in [-0.4, -0.2) is 47.4 Å². The summed E-state index contributed by atoms with van der Waals surface area (Å²) in [6.45, 7) is 5.00. The van der Waals surface area contributed by atoms with Crippen LogP contribution in [0, 0.1) is 0 Å². The molecule has 0 radical (unpaired) electrons. The van der Waals surface area contributed by atoms with E-state index >= 15 is 0 Å². The Morgan fingerprint density at radius 2 is 0.573 bits per heavy atom. The monoisotopic (exact) mass is 1160 g/mol. The van der Waals surface area contributed by atoms with Crippen molar-refractivity contribution in [1.82, 2.24) is 5.32 Å². The Morgan fingerprint density at radius 1 is 0.329 bits per heavy atom. The molecule has 0 saturated carbocycles. The Labute approximate surface area is 514 Å². The van der Waals surface area contributed by atoms with Gasteiger partial charge < -0.3 is 20.3 Å². The normalized spacial score (nSPS) is 12.5.